The SMILES string of the molecule is CCCCCCCCCCCCC1C[C@H](C=O)N(S(=O)(=O)c2ccccc2)C1. The van der Waals surface area contributed by atoms with Crippen molar-refractivity contribution in [2.24, 2.45) is 5.92 Å². The zero-order valence-corrected chi connectivity index (χ0v) is 18.2. The molecule has 158 valence electrons. The maximum absolute atomic E-state index is 12.9. The van der Waals surface area contributed by atoms with Gasteiger partial charge in [-0.25, -0.2) is 8.42 Å². The Balaban J connectivity index is 1.69. The van der Waals surface area contributed by atoms with Crippen molar-refractivity contribution in [3.05, 3.63) is 30.3 Å². The van der Waals surface area contributed by atoms with E-state index in [1.807, 2.05) is 0 Å². The van der Waals surface area contributed by atoms with Crippen molar-refractivity contribution in [3.63, 3.8) is 0 Å². The third kappa shape index (κ3) is 7.00. The number of hydrogen-bond acceptors (Lipinski definition) is 3. The van der Waals surface area contributed by atoms with Crippen LogP contribution in [0.5, 0.6) is 0 Å². The lowest BCUT2D eigenvalue weighted by molar-refractivity contribution is -0.110. The Kier molecular flexibility index (Phi) is 10.2. The Bertz CT molecular complexity index is 660. The molecule has 0 spiro atoms. The molecule has 1 heterocycles. The fraction of sp³-hybridized carbons (Fsp3) is 0.696. The first-order valence-corrected chi connectivity index (χ1v) is 12.6. The summed E-state index contributed by atoms with van der Waals surface area (Å²) in [4.78, 5) is 11.8. The molecular formula is C23H37NO3S. The molecule has 4 nitrogen and oxygen atoms in total. The van der Waals surface area contributed by atoms with Crippen LogP contribution in [0, 0.1) is 5.92 Å². The smallest absolute Gasteiger partial charge is 0.243 e. The number of carbonyl (C=O) groups excluding carboxylic acids is 1. The standard InChI is InChI=1S/C23H37NO3S/c1-2-3-4-5-6-7-8-9-10-12-15-21-18-22(20-25)24(19-21)28(26,27)23-16-13-11-14-17-23/h11,13-14,16-17,20-22H,2-10,12,15,18-19H2,1H3/t21?,22-/m1/s1. The molecule has 0 aliphatic carbocycles. The molecule has 0 radical (unpaired) electrons. The van der Waals surface area contributed by atoms with Crippen LogP contribution < -0.4 is 0 Å². The van der Waals surface area contributed by atoms with Crippen LogP contribution in [0.25, 0.3) is 0 Å². The molecule has 1 aromatic carbocycles. The van der Waals surface area contributed by atoms with Crippen molar-refractivity contribution in [1.82, 2.24) is 4.31 Å². The predicted molar refractivity (Wildman–Crippen MR) is 115 cm³/mol. The summed E-state index contributed by atoms with van der Waals surface area (Å²) in [7, 11) is -3.58. The fourth-order valence-electron chi connectivity index (χ4n) is 4.18. The second kappa shape index (κ2) is 12.4. The first-order chi connectivity index (χ1) is 13.6. The number of rotatable bonds is 14. The number of sulfonamides is 1. The van der Waals surface area contributed by atoms with Crippen LogP contribution in [0.1, 0.15) is 84.0 Å². The number of hydrogen-bond donors (Lipinski definition) is 0. The van der Waals surface area contributed by atoms with Gasteiger partial charge in [0.25, 0.3) is 0 Å². The molecule has 1 saturated heterocycles. The molecule has 2 rings (SSSR count). The highest BCUT2D eigenvalue weighted by Crippen LogP contribution is 2.31. The molecule has 1 aliphatic rings. The monoisotopic (exact) mass is 407 g/mol. The molecule has 1 unspecified atom stereocenters. The normalized spacial score (nSPS) is 20.5. The largest absolute Gasteiger partial charge is 0.302 e. The summed E-state index contributed by atoms with van der Waals surface area (Å²) < 4.78 is 27.1. The first kappa shape index (κ1) is 23.1. The highest BCUT2D eigenvalue weighted by Gasteiger charge is 2.39. The second-order valence-corrected chi connectivity index (χ2v) is 10.1. The zero-order valence-electron chi connectivity index (χ0n) is 17.4. The highest BCUT2D eigenvalue weighted by molar-refractivity contribution is 7.89. The number of unbranched alkanes of at least 4 members (excludes halogenated alkanes) is 9. The molecule has 5 heteroatoms. The van der Waals surface area contributed by atoms with Gasteiger partial charge in [-0.3, -0.25) is 0 Å². The van der Waals surface area contributed by atoms with Crippen LogP contribution in [0.2, 0.25) is 0 Å². The Morgan fingerprint density at radius 2 is 1.50 bits per heavy atom. The lowest BCUT2D eigenvalue weighted by Gasteiger charge is -2.20. The van der Waals surface area contributed by atoms with Gasteiger partial charge in [-0.1, -0.05) is 89.3 Å². The quantitative estimate of drug-likeness (QED) is 0.299. The molecule has 1 fully saturated rings. The van der Waals surface area contributed by atoms with Gasteiger partial charge < -0.3 is 4.79 Å². The van der Waals surface area contributed by atoms with Gasteiger partial charge in [0.1, 0.15) is 6.29 Å². The molecule has 1 aliphatic heterocycles. The van der Waals surface area contributed by atoms with Gasteiger partial charge in [0.05, 0.1) is 10.9 Å². The average Bonchev–Trinajstić information content (AvgIpc) is 3.14. The third-order valence-corrected chi connectivity index (χ3v) is 7.76. The van der Waals surface area contributed by atoms with E-state index in [4.69, 9.17) is 0 Å². The first-order valence-electron chi connectivity index (χ1n) is 11.1. The molecule has 0 amide bonds. The maximum atomic E-state index is 12.9. The minimum absolute atomic E-state index is 0.279. The zero-order chi connectivity index (χ0) is 20.2. The summed E-state index contributed by atoms with van der Waals surface area (Å²) in [6.07, 6.45) is 15.5. The van der Waals surface area contributed by atoms with Crippen LogP contribution in [0.3, 0.4) is 0 Å². The average molecular weight is 408 g/mol. The molecule has 0 N–H and O–H groups in total. The van der Waals surface area contributed by atoms with Gasteiger partial charge in [0, 0.05) is 6.54 Å². The van der Waals surface area contributed by atoms with Gasteiger partial charge in [0.2, 0.25) is 10.0 Å². The van der Waals surface area contributed by atoms with Crippen molar-refractivity contribution in [3.8, 4) is 0 Å². The Hall–Kier alpha value is -1.20. The van der Waals surface area contributed by atoms with E-state index in [2.05, 4.69) is 6.92 Å². The van der Waals surface area contributed by atoms with Crippen molar-refractivity contribution in [2.75, 3.05) is 6.54 Å². The number of carbonyl (C=O) groups is 1. The van der Waals surface area contributed by atoms with Crippen LogP contribution in [-0.4, -0.2) is 31.6 Å². The summed E-state index contributed by atoms with van der Waals surface area (Å²) in [6, 6.07) is 7.94. The Morgan fingerprint density at radius 1 is 0.929 bits per heavy atom. The lowest BCUT2D eigenvalue weighted by atomic mass is 9.97. The molecule has 0 aromatic heterocycles. The van der Waals surface area contributed by atoms with Crippen molar-refractivity contribution in [2.45, 2.75) is 94.9 Å². The van der Waals surface area contributed by atoms with Crippen LogP contribution in [0.15, 0.2) is 35.2 Å². The minimum atomic E-state index is -3.58. The fourth-order valence-corrected chi connectivity index (χ4v) is 5.85. The predicted octanol–water partition coefficient (Wildman–Crippen LogP) is 5.58. The van der Waals surface area contributed by atoms with E-state index < -0.39 is 16.1 Å². The summed E-state index contributed by atoms with van der Waals surface area (Å²) in [5.74, 6) is 0.294. The summed E-state index contributed by atoms with van der Waals surface area (Å²) in [5.41, 5.74) is 0. The van der Waals surface area contributed by atoms with Gasteiger partial charge in [-0.15, -0.1) is 0 Å². The van der Waals surface area contributed by atoms with E-state index in [-0.39, 0.29) is 4.90 Å². The molecular weight excluding hydrogens is 370 g/mol. The van der Waals surface area contributed by atoms with E-state index >= 15 is 0 Å². The second-order valence-electron chi connectivity index (χ2n) is 8.16. The topological polar surface area (TPSA) is 54.5 Å². The van der Waals surface area contributed by atoms with Gasteiger partial charge in [0.15, 0.2) is 0 Å². The minimum Gasteiger partial charge on any atom is -0.302 e. The van der Waals surface area contributed by atoms with Crippen molar-refractivity contribution < 1.29 is 13.2 Å². The maximum Gasteiger partial charge on any atom is 0.243 e. The number of benzene rings is 1. The van der Waals surface area contributed by atoms with E-state index in [9.17, 15) is 13.2 Å². The molecule has 0 saturated carbocycles. The van der Waals surface area contributed by atoms with E-state index in [1.54, 1.807) is 30.3 Å². The molecule has 2 atom stereocenters. The molecule has 0 bridgehead atoms. The molecule has 1 aromatic rings. The number of nitrogens with zero attached hydrogens (tertiary/aromatic N) is 1. The summed E-state index contributed by atoms with van der Waals surface area (Å²) in [5, 5.41) is 0. The van der Waals surface area contributed by atoms with E-state index in [0.717, 1.165) is 19.1 Å². The Morgan fingerprint density at radius 3 is 2.07 bits per heavy atom. The van der Waals surface area contributed by atoms with Crippen LogP contribution >= 0.6 is 0 Å². The number of aldehydes is 1. The van der Waals surface area contributed by atoms with Crippen molar-refractivity contribution >= 4 is 16.3 Å². The van der Waals surface area contributed by atoms with Gasteiger partial charge in [-0.05, 0) is 30.9 Å². The van der Waals surface area contributed by atoms with Crippen molar-refractivity contribution in [1.29, 1.82) is 0 Å². The highest BCUT2D eigenvalue weighted by atomic mass is 32.2. The van der Waals surface area contributed by atoms with E-state index in [1.165, 1.54) is 62.1 Å². The summed E-state index contributed by atoms with van der Waals surface area (Å²) >= 11 is 0. The van der Waals surface area contributed by atoms with E-state index in [0.29, 0.717) is 18.9 Å². The summed E-state index contributed by atoms with van der Waals surface area (Å²) in [6.45, 7) is 2.72. The van der Waals surface area contributed by atoms with Crippen LogP contribution in [0.4, 0.5) is 0 Å². The van der Waals surface area contributed by atoms with Gasteiger partial charge >= 0.3 is 0 Å². The Labute approximate surface area is 171 Å². The van der Waals surface area contributed by atoms with Crippen LogP contribution in [-0.2, 0) is 14.8 Å². The molecule has 28 heavy (non-hydrogen) atoms. The van der Waals surface area contributed by atoms with Gasteiger partial charge in [-0.2, -0.15) is 4.31 Å². The lowest BCUT2D eigenvalue weighted by Crippen LogP contribution is -2.36. The third-order valence-electron chi connectivity index (χ3n) is 5.86.